The summed E-state index contributed by atoms with van der Waals surface area (Å²) >= 11 is 0. The number of hydrogen-bond donors (Lipinski definition) is 0. The van der Waals surface area contributed by atoms with Crippen LogP contribution in [-0.2, 0) is 14.3 Å². The van der Waals surface area contributed by atoms with E-state index in [-0.39, 0.29) is 29.6 Å². The van der Waals surface area contributed by atoms with Gasteiger partial charge in [-0.2, -0.15) is 5.26 Å². The molecule has 0 bridgehead atoms. The standard InChI is InChI=1S/C23H22N2O6/c1-28-21-14-17(13-18(15-24)23(27)25-9-11-29-12-10-25)7-8-20(21)31-22(26)16-30-19-5-3-2-4-6-19/h2-8,13-14H,9-12,16H2,1H3/b18-13+. The van der Waals surface area contributed by atoms with Crippen LogP contribution >= 0.6 is 0 Å². The number of nitrogens with zero attached hydrogens (tertiary/aromatic N) is 2. The van der Waals surface area contributed by atoms with E-state index in [0.717, 1.165) is 0 Å². The highest BCUT2D eigenvalue weighted by Crippen LogP contribution is 2.29. The molecule has 2 aromatic carbocycles. The van der Waals surface area contributed by atoms with Crippen molar-refractivity contribution in [2.24, 2.45) is 0 Å². The summed E-state index contributed by atoms with van der Waals surface area (Å²) in [5.74, 6) is 0.113. The topological polar surface area (TPSA) is 98.1 Å². The minimum Gasteiger partial charge on any atom is -0.493 e. The van der Waals surface area contributed by atoms with Gasteiger partial charge < -0.3 is 23.8 Å². The van der Waals surface area contributed by atoms with Crippen molar-refractivity contribution in [1.29, 1.82) is 5.26 Å². The second kappa shape index (κ2) is 10.8. The highest BCUT2D eigenvalue weighted by Gasteiger charge is 2.21. The lowest BCUT2D eigenvalue weighted by Gasteiger charge is -2.26. The molecule has 1 heterocycles. The van der Waals surface area contributed by atoms with Crippen LogP contribution in [0.1, 0.15) is 5.56 Å². The van der Waals surface area contributed by atoms with Crippen molar-refractivity contribution in [1.82, 2.24) is 4.90 Å². The average molecular weight is 422 g/mol. The van der Waals surface area contributed by atoms with E-state index in [0.29, 0.717) is 37.6 Å². The van der Waals surface area contributed by atoms with Crippen molar-refractivity contribution in [2.75, 3.05) is 40.0 Å². The van der Waals surface area contributed by atoms with Crippen LogP contribution in [0.5, 0.6) is 17.2 Å². The van der Waals surface area contributed by atoms with Gasteiger partial charge in [-0.15, -0.1) is 0 Å². The lowest BCUT2D eigenvalue weighted by atomic mass is 10.1. The molecule has 1 aliphatic heterocycles. The second-order valence-electron chi connectivity index (χ2n) is 6.56. The van der Waals surface area contributed by atoms with Gasteiger partial charge in [0.05, 0.1) is 20.3 Å². The lowest BCUT2D eigenvalue weighted by molar-refractivity contribution is -0.136. The average Bonchev–Trinajstić information content (AvgIpc) is 2.82. The predicted octanol–water partition coefficient (Wildman–Crippen LogP) is 2.45. The number of nitriles is 1. The van der Waals surface area contributed by atoms with E-state index in [9.17, 15) is 14.9 Å². The van der Waals surface area contributed by atoms with E-state index >= 15 is 0 Å². The summed E-state index contributed by atoms with van der Waals surface area (Å²) in [6, 6.07) is 15.6. The van der Waals surface area contributed by atoms with Gasteiger partial charge in [-0.05, 0) is 35.9 Å². The Balaban J connectivity index is 1.68. The second-order valence-corrected chi connectivity index (χ2v) is 6.56. The molecule has 0 N–H and O–H groups in total. The summed E-state index contributed by atoms with van der Waals surface area (Å²) < 4.78 is 21.2. The van der Waals surface area contributed by atoms with Crippen molar-refractivity contribution in [2.45, 2.75) is 0 Å². The van der Waals surface area contributed by atoms with Crippen molar-refractivity contribution >= 4 is 18.0 Å². The number of rotatable bonds is 7. The minimum absolute atomic E-state index is 0.00459. The van der Waals surface area contributed by atoms with Gasteiger partial charge in [-0.3, -0.25) is 4.79 Å². The Kier molecular flexibility index (Phi) is 7.62. The molecule has 1 amide bonds. The molecule has 0 unspecified atom stereocenters. The number of para-hydroxylation sites is 1. The zero-order chi connectivity index (χ0) is 22.1. The zero-order valence-corrected chi connectivity index (χ0v) is 17.1. The number of carbonyl (C=O) groups is 2. The van der Waals surface area contributed by atoms with E-state index in [1.165, 1.54) is 13.2 Å². The number of esters is 1. The SMILES string of the molecule is COc1cc(/C=C(\C#N)C(=O)N2CCOCC2)ccc1OC(=O)COc1ccccc1. The first-order valence-electron chi connectivity index (χ1n) is 9.66. The van der Waals surface area contributed by atoms with E-state index in [4.69, 9.17) is 18.9 Å². The number of morpholine rings is 1. The first-order chi connectivity index (χ1) is 15.1. The van der Waals surface area contributed by atoms with Gasteiger partial charge in [-0.1, -0.05) is 24.3 Å². The van der Waals surface area contributed by atoms with Gasteiger partial charge in [0.25, 0.3) is 5.91 Å². The van der Waals surface area contributed by atoms with E-state index in [1.54, 1.807) is 47.4 Å². The highest BCUT2D eigenvalue weighted by molar-refractivity contribution is 6.01. The van der Waals surface area contributed by atoms with Crippen LogP contribution in [0.2, 0.25) is 0 Å². The monoisotopic (exact) mass is 422 g/mol. The number of methoxy groups -OCH3 is 1. The number of ether oxygens (including phenoxy) is 4. The predicted molar refractivity (Wildman–Crippen MR) is 112 cm³/mol. The third-order valence-electron chi connectivity index (χ3n) is 4.47. The van der Waals surface area contributed by atoms with Crippen LogP contribution in [0.15, 0.2) is 54.1 Å². The normalized spacial score (nSPS) is 13.8. The highest BCUT2D eigenvalue weighted by atomic mass is 16.6. The molecule has 0 radical (unpaired) electrons. The Morgan fingerprint density at radius 2 is 1.87 bits per heavy atom. The molecule has 0 aliphatic carbocycles. The molecule has 0 saturated carbocycles. The van der Waals surface area contributed by atoms with Gasteiger partial charge in [0, 0.05) is 13.1 Å². The molecule has 0 spiro atoms. The Morgan fingerprint density at radius 3 is 2.55 bits per heavy atom. The van der Waals surface area contributed by atoms with Gasteiger partial charge in [0.1, 0.15) is 17.4 Å². The molecule has 8 nitrogen and oxygen atoms in total. The molecule has 8 heteroatoms. The molecule has 31 heavy (non-hydrogen) atoms. The maximum absolute atomic E-state index is 12.6. The van der Waals surface area contributed by atoms with Gasteiger partial charge >= 0.3 is 5.97 Å². The maximum atomic E-state index is 12.6. The van der Waals surface area contributed by atoms with Crippen LogP contribution in [0.3, 0.4) is 0 Å². The van der Waals surface area contributed by atoms with Gasteiger partial charge in [-0.25, -0.2) is 4.79 Å². The van der Waals surface area contributed by atoms with Crippen molar-refractivity contribution in [3.63, 3.8) is 0 Å². The molecule has 1 aliphatic rings. The van der Waals surface area contributed by atoms with E-state index in [1.807, 2.05) is 12.1 Å². The van der Waals surface area contributed by atoms with Gasteiger partial charge in [0.15, 0.2) is 18.1 Å². The summed E-state index contributed by atoms with van der Waals surface area (Å²) in [7, 11) is 1.44. The third-order valence-corrected chi connectivity index (χ3v) is 4.47. The summed E-state index contributed by atoms with van der Waals surface area (Å²) in [6.07, 6.45) is 1.48. The van der Waals surface area contributed by atoms with Crippen molar-refractivity contribution in [3.05, 3.63) is 59.7 Å². The number of benzene rings is 2. The fraction of sp³-hybridized carbons (Fsp3) is 0.261. The first-order valence-corrected chi connectivity index (χ1v) is 9.66. The summed E-state index contributed by atoms with van der Waals surface area (Å²) in [5.41, 5.74) is 0.570. The maximum Gasteiger partial charge on any atom is 0.349 e. The molecular formula is C23H22N2O6. The van der Waals surface area contributed by atoms with E-state index in [2.05, 4.69) is 0 Å². The fourth-order valence-electron chi connectivity index (χ4n) is 2.91. The summed E-state index contributed by atoms with van der Waals surface area (Å²) in [5, 5.41) is 9.43. The first kappa shape index (κ1) is 21.9. The summed E-state index contributed by atoms with van der Waals surface area (Å²) in [6.45, 7) is 1.53. The Morgan fingerprint density at radius 1 is 1.13 bits per heavy atom. The minimum atomic E-state index is -0.592. The number of carbonyl (C=O) groups excluding carboxylic acids is 2. The summed E-state index contributed by atoms with van der Waals surface area (Å²) in [4.78, 5) is 26.2. The van der Waals surface area contributed by atoms with Gasteiger partial charge in [0.2, 0.25) is 0 Å². The Hall–Kier alpha value is -3.83. The van der Waals surface area contributed by atoms with Crippen LogP contribution in [0.25, 0.3) is 6.08 Å². The smallest absolute Gasteiger partial charge is 0.349 e. The largest absolute Gasteiger partial charge is 0.493 e. The van der Waals surface area contributed by atoms with Crippen LogP contribution in [0.4, 0.5) is 0 Å². The molecule has 1 saturated heterocycles. The van der Waals surface area contributed by atoms with E-state index < -0.39 is 5.97 Å². The van der Waals surface area contributed by atoms with Crippen molar-refractivity contribution in [3.8, 4) is 23.3 Å². The van der Waals surface area contributed by atoms with Crippen LogP contribution in [0, 0.1) is 11.3 Å². The number of amides is 1. The quantitative estimate of drug-likeness (QED) is 0.293. The Bertz CT molecular complexity index is 991. The molecule has 0 aromatic heterocycles. The van der Waals surface area contributed by atoms with Crippen LogP contribution < -0.4 is 14.2 Å². The zero-order valence-electron chi connectivity index (χ0n) is 17.1. The third kappa shape index (κ3) is 6.07. The molecule has 160 valence electrons. The lowest BCUT2D eigenvalue weighted by Crippen LogP contribution is -2.41. The molecular weight excluding hydrogens is 400 g/mol. The molecule has 0 atom stereocenters. The molecule has 3 rings (SSSR count). The van der Waals surface area contributed by atoms with Crippen LogP contribution in [-0.4, -0.2) is 56.8 Å². The fourth-order valence-corrected chi connectivity index (χ4v) is 2.91. The van der Waals surface area contributed by atoms with Crippen molar-refractivity contribution < 1.29 is 28.5 Å². The number of hydrogen-bond acceptors (Lipinski definition) is 7. The Labute approximate surface area is 180 Å². The molecule has 1 fully saturated rings. The molecule has 2 aromatic rings.